The number of aliphatic hydroxyl groups excluding tert-OH is 1. The molecule has 0 amide bonds. The van der Waals surface area contributed by atoms with Crippen molar-refractivity contribution in [1.82, 2.24) is 0 Å². The Morgan fingerprint density at radius 2 is 1.38 bits per heavy atom. The zero-order chi connectivity index (χ0) is 16.4. The monoisotopic (exact) mass is 314 g/mol. The lowest BCUT2D eigenvalue weighted by Gasteiger charge is -2.21. The van der Waals surface area contributed by atoms with Gasteiger partial charge in [0.1, 0.15) is 0 Å². The number of hydrogen-bond acceptors (Lipinski definition) is 1. The van der Waals surface area contributed by atoms with Gasteiger partial charge in [-0.2, -0.15) is 26.3 Å². The van der Waals surface area contributed by atoms with E-state index in [4.69, 9.17) is 0 Å². The lowest BCUT2D eigenvalue weighted by molar-refractivity contribution is -0.143. The van der Waals surface area contributed by atoms with E-state index >= 15 is 0 Å². The predicted octanol–water partition coefficient (Wildman–Crippen LogP) is 4.99. The van der Waals surface area contributed by atoms with Gasteiger partial charge in [-0.15, -0.1) is 0 Å². The second-order valence-corrected chi connectivity index (χ2v) is 4.98. The molecule has 2 atom stereocenters. The first kappa shape index (κ1) is 17.8. The van der Waals surface area contributed by atoms with E-state index in [0.717, 1.165) is 0 Å². The predicted molar refractivity (Wildman–Crippen MR) is 65.8 cm³/mol. The molecule has 0 saturated heterocycles. The van der Waals surface area contributed by atoms with Crippen LogP contribution in [0.15, 0.2) is 18.2 Å². The van der Waals surface area contributed by atoms with Crippen LogP contribution in [0, 0.1) is 0 Å². The summed E-state index contributed by atoms with van der Waals surface area (Å²) < 4.78 is 76.3. The average Bonchev–Trinajstić information content (AvgIpc) is 2.35. The molecular weight excluding hydrogens is 298 g/mol. The molecule has 1 aromatic rings. The van der Waals surface area contributed by atoms with Gasteiger partial charge in [0.2, 0.25) is 0 Å². The highest BCUT2D eigenvalue weighted by atomic mass is 19.4. The van der Waals surface area contributed by atoms with Crippen molar-refractivity contribution in [3.63, 3.8) is 0 Å². The minimum Gasteiger partial charge on any atom is -0.393 e. The van der Waals surface area contributed by atoms with Crippen LogP contribution in [0.25, 0.3) is 0 Å². The third-order valence-corrected chi connectivity index (χ3v) is 3.30. The summed E-state index contributed by atoms with van der Waals surface area (Å²) >= 11 is 0. The number of benzene rings is 1. The topological polar surface area (TPSA) is 20.2 Å². The quantitative estimate of drug-likeness (QED) is 0.776. The van der Waals surface area contributed by atoms with Crippen molar-refractivity contribution in [3.05, 3.63) is 34.9 Å². The van der Waals surface area contributed by atoms with E-state index in [1.165, 1.54) is 6.92 Å². The van der Waals surface area contributed by atoms with Crippen LogP contribution in [0.3, 0.4) is 0 Å². The van der Waals surface area contributed by atoms with Gasteiger partial charge in [-0.3, -0.25) is 0 Å². The molecular formula is C14H16F6O. The first-order valence-corrected chi connectivity index (χ1v) is 6.44. The smallest absolute Gasteiger partial charge is 0.393 e. The summed E-state index contributed by atoms with van der Waals surface area (Å²) in [6.45, 7) is 3.18. The molecule has 1 N–H and O–H groups in total. The van der Waals surface area contributed by atoms with Crippen molar-refractivity contribution in [2.45, 2.75) is 51.1 Å². The van der Waals surface area contributed by atoms with E-state index in [1.807, 2.05) is 0 Å². The van der Waals surface area contributed by atoms with Gasteiger partial charge in [0.25, 0.3) is 0 Å². The molecule has 0 spiro atoms. The van der Waals surface area contributed by atoms with Crippen LogP contribution >= 0.6 is 0 Å². The van der Waals surface area contributed by atoms with Gasteiger partial charge in [0.15, 0.2) is 0 Å². The summed E-state index contributed by atoms with van der Waals surface area (Å²) in [6, 6.07) is 1.42. The van der Waals surface area contributed by atoms with Crippen molar-refractivity contribution in [1.29, 1.82) is 0 Å². The molecule has 1 rings (SSSR count). The highest BCUT2D eigenvalue weighted by Gasteiger charge is 2.37. The van der Waals surface area contributed by atoms with E-state index in [-0.39, 0.29) is 11.6 Å². The highest BCUT2D eigenvalue weighted by molar-refractivity contribution is 5.35. The lowest BCUT2D eigenvalue weighted by atomic mass is 9.90. The Morgan fingerprint density at radius 1 is 0.952 bits per heavy atom. The minimum absolute atomic E-state index is 0.0857. The van der Waals surface area contributed by atoms with Crippen LogP contribution in [0.4, 0.5) is 26.3 Å². The summed E-state index contributed by atoms with van der Waals surface area (Å²) in [6.07, 6.45) is -9.84. The Hall–Kier alpha value is -1.24. The number of halogens is 6. The van der Waals surface area contributed by atoms with Crippen LogP contribution in [-0.4, -0.2) is 11.2 Å². The maximum atomic E-state index is 12.7. The van der Waals surface area contributed by atoms with Crippen LogP contribution in [0.2, 0.25) is 0 Å². The fourth-order valence-corrected chi connectivity index (χ4v) is 2.01. The number of alkyl halides is 6. The molecule has 0 aromatic heterocycles. The van der Waals surface area contributed by atoms with Gasteiger partial charge in [-0.05, 0) is 30.2 Å². The third kappa shape index (κ3) is 4.62. The number of hydrogen-bond donors (Lipinski definition) is 1. The lowest BCUT2D eigenvalue weighted by Crippen LogP contribution is -2.18. The summed E-state index contributed by atoms with van der Waals surface area (Å²) in [5.74, 6) is -0.812. The molecule has 0 bridgehead atoms. The van der Waals surface area contributed by atoms with Gasteiger partial charge in [0.05, 0.1) is 17.2 Å². The molecule has 2 unspecified atom stereocenters. The second-order valence-electron chi connectivity index (χ2n) is 4.98. The van der Waals surface area contributed by atoms with Gasteiger partial charge < -0.3 is 5.11 Å². The zero-order valence-electron chi connectivity index (χ0n) is 11.5. The first-order chi connectivity index (χ1) is 9.46. The SMILES string of the molecule is CCCC(O)C(C)c1cc(C(F)(F)F)cc(C(F)(F)F)c1. The zero-order valence-corrected chi connectivity index (χ0v) is 11.5. The maximum absolute atomic E-state index is 12.7. The third-order valence-electron chi connectivity index (χ3n) is 3.30. The van der Waals surface area contributed by atoms with Crippen LogP contribution in [0.1, 0.15) is 49.3 Å². The van der Waals surface area contributed by atoms with Crippen molar-refractivity contribution >= 4 is 0 Å². The van der Waals surface area contributed by atoms with Crippen molar-refractivity contribution in [2.75, 3.05) is 0 Å². The molecule has 0 aliphatic heterocycles. The summed E-state index contributed by atoms with van der Waals surface area (Å²) in [5.41, 5.74) is -2.89. The van der Waals surface area contributed by atoms with Crippen LogP contribution in [-0.2, 0) is 12.4 Å². The number of rotatable bonds is 4. The normalized spacial score (nSPS) is 15.9. The van der Waals surface area contributed by atoms with Gasteiger partial charge >= 0.3 is 12.4 Å². The molecule has 120 valence electrons. The Balaban J connectivity index is 3.32. The van der Waals surface area contributed by atoms with E-state index < -0.39 is 35.5 Å². The molecule has 0 radical (unpaired) electrons. The molecule has 0 heterocycles. The molecule has 1 nitrogen and oxygen atoms in total. The van der Waals surface area contributed by atoms with Crippen LogP contribution < -0.4 is 0 Å². The van der Waals surface area contributed by atoms with E-state index in [2.05, 4.69) is 0 Å². The Labute approximate surface area is 118 Å². The van der Waals surface area contributed by atoms with Crippen molar-refractivity contribution < 1.29 is 31.4 Å². The standard InChI is InChI=1S/C14H16F6O/c1-3-4-12(21)8(2)9-5-10(13(15,16)17)7-11(6-9)14(18,19)20/h5-8,12,21H,3-4H2,1-2H3. The summed E-state index contributed by atoms with van der Waals surface area (Å²) in [7, 11) is 0. The Bertz CT molecular complexity index is 445. The Kier molecular flexibility index (Phi) is 5.30. The summed E-state index contributed by atoms with van der Waals surface area (Å²) in [5, 5.41) is 9.80. The van der Waals surface area contributed by atoms with Gasteiger partial charge in [0, 0.05) is 5.92 Å². The molecule has 0 fully saturated rings. The molecule has 21 heavy (non-hydrogen) atoms. The Morgan fingerprint density at radius 3 is 1.71 bits per heavy atom. The van der Waals surface area contributed by atoms with Crippen molar-refractivity contribution in [2.24, 2.45) is 0 Å². The molecule has 1 aromatic carbocycles. The maximum Gasteiger partial charge on any atom is 0.416 e. The molecule has 0 saturated carbocycles. The fourth-order valence-electron chi connectivity index (χ4n) is 2.01. The van der Waals surface area contributed by atoms with E-state index in [1.54, 1.807) is 6.92 Å². The van der Waals surface area contributed by atoms with E-state index in [9.17, 15) is 31.4 Å². The minimum atomic E-state index is -4.87. The highest BCUT2D eigenvalue weighted by Crippen LogP contribution is 2.38. The van der Waals surface area contributed by atoms with E-state index in [0.29, 0.717) is 25.0 Å². The average molecular weight is 314 g/mol. The number of aliphatic hydroxyl groups is 1. The van der Waals surface area contributed by atoms with Crippen LogP contribution in [0.5, 0.6) is 0 Å². The molecule has 0 aliphatic rings. The second kappa shape index (κ2) is 6.25. The largest absolute Gasteiger partial charge is 0.416 e. The fraction of sp³-hybridized carbons (Fsp3) is 0.571. The van der Waals surface area contributed by atoms with Crippen molar-refractivity contribution in [3.8, 4) is 0 Å². The van der Waals surface area contributed by atoms with Gasteiger partial charge in [-0.1, -0.05) is 20.3 Å². The molecule has 0 aliphatic carbocycles. The molecule has 7 heteroatoms. The van der Waals surface area contributed by atoms with Gasteiger partial charge in [-0.25, -0.2) is 0 Å². The first-order valence-electron chi connectivity index (χ1n) is 6.44. The summed E-state index contributed by atoms with van der Waals surface area (Å²) in [4.78, 5) is 0.